The van der Waals surface area contributed by atoms with E-state index in [2.05, 4.69) is 6.92 Å². The fourth-order valence-corrected chi connectivity index (χ4v) is 7.07. The van der Waals surface area contributed by atoms with Gasteiger partial charge in [-0.15, -0.1) is 0 Å². The van der Waals surface area contributed by atoms with E-state index in [1.54, 1.807) is 0 Å². The number of aliphatic hydroxyl groups is 2. The molecular weight excluding hydrogens is 442 g/mol. The molecule has 7 nitrogen and oxygen atoms in total. The Bertz CT molecular complexity index is 1190. The zero-order valence-electron chi connectivity index (χ0n) is 18.5. The van der Waals surface area contributed by atoms with Crippen molar-refractivity contribution in [2.24, 2.45) is 22.4 Å². The number of hydrogen-bond donors (Lipinski definition) is 3. The number of ether oxygens (including phenoxy) is 1. The monoisotopic (exact) mass is 471 g/mol. The van der Waals surface area contributed by atoms with Gasteiger partial charge in [0.2, 0.25) is 10.0 Å². The molecule has 2 aromatic carbocycles. The summed E-state index contributed by atoms with van der Waals surface area (Å²) in [5.41, 5.74) is 2.48. The Morgan fingerprint density at radius 2 is 1.85 bits per heavy atom. The van der Waals surface area contributed by atoms with Crippen molar-refractivity contribution in [3.05, 3.63) is 59.2 Å². The van der Waals surface area contributed by atoms with E-state index in [1.165, 1.54) is 35.4 Å². The molecule has 0 aliphatic heterocycles. The zero-order chi connectivity index (χ0) is 23.5. The Labute approximate surface area is 193 Å². The van der Waals surface area contributed by atoms with Gasteiger partial charge >= 0.3 is 5.97 Å². The normalized spacial score (nSPS) is 33.0. The van der Waals surface area contributed by atoms with Crippen molar-refractivity contribution in [3.8, 4) is 5.75 Å². The molecule has 3 aliphatic rings. The Morgan fingerprint density at radius 3 is 2.55 bits per heavy atom. The van der Waals surface area contributed by atoms with Crippen molar-refractivity contribution in [1.82, 2.24) is 0 Å². The molecule has 0 heterocycles. The number of fused-ring (bicyclic) bond motifs is 5. The quantitative estimate of drug-likeness (QED) is 0.467. The van der Waals surface area contributed by atoms with Gasteiger partial charge in [0, 0.05) is 0 Å². The molecule has 2 saturated carbocycles. The second kappa shape index (κ2) is 7.91. The standard InChI is InChI=1S/C25H29NO6S/c1-25-11-10-19-18-9-5-16(32-24(29)14-2-6-17(7-3-14)33(26,30)31)12-15(18)4-8-20(19)21(25)13-22(27)23(25)28/h2-3,5-7,9,12,19-23,27-28H,4,8,10-11,13H2,1H3,(H2,26,30,31)/t19?,20?,21?,22-,23+,25+/m1/s1. The average molecular weight is 472 g/mol. The van der Waals surface area contributed by atoms with Crippen LogP contribution < -0.4 is 9.88 Å². The summed E-state index contributed by atoms with van der Waals surface area (Å²) in [6.07, 6.45) is 3.10. The highest BCUT2D eigenvalue weighted by molar-refractivity contribution is 7.89. The van der Waals surface area contributed by atoms with Gasteiger partial charge in [-0.25, -0.2) is 18.4 Å². The lowest BCUT2D eigenvalue weighted by Gasteiger charge is -2.49. The molecule has 0 saturated heterocycles. The highest BCUT2D eigenvalue weighted by atomic mass is 32.2. The van der Waals surface area contributed by atoms with E-state index in [-0.39, 0.29) is 15.9 Å². The summed E-state index contributed by atoms with van der Waals surface area (Å²) in [5.74, 6) is 1.04. The van der Waals surface area contributed by atoms with Crippen LogP contribution >= 0.6 is 0 Å². The van der Waals surface area contributed by atoms with Crippen molar-refractivity contribution in [2.75, 3.05) is 0 Å². The number of carbonyl (C=O) groups excluding carboxylic acids is 1. The number of carbonyl (C=O) groups is 1. The van der Waals surface area contributed by atoms with Crippen LogP contribution in [0.3, 0.4) is 0 Å². The van der Waals surface area contributed by atoms with E-state index in [0.29, 0.717) is 29.9 Å². The largest absolute Gasteiger partial charge is 0.423 e. The second-order valence-electron chi connectivity index (χ2n) is 10.0. The maximum atomic E-state index is 12.5. The van der Waals surface area contributed by atoms with E-state index >= 15 is 0 Å². The molecule has 5 rings (SSSR count). The highest BCUT2D eigenvalue weighted by Gasteiger charge is 2.57. The van der Waals surface area contributed by atoms with Gasteiger partial charge in [0.05, 0.1) is 22.7 Å². The summed E-state index contributed by atoms with van der Waals surface area (Å²) >= 11 is 0. The smallest absolute Gasteiger partial charge is 0.343 e. The molecule has 33 heavy (non-hydrogen) atoms. The molecule has 4 N–H and O–H groups in total. The Balaban J connectivity index is 1.33. The molecule has 0 aromatic heterocycles. The van der Waals surface area contributed by atoms with E-state index in [9.17, 15) is 23.4 Å². The summed E-state index contributed by atoms with van der Waals surface area (Å²) in [6, 6.07) is 11.1. The Morgan fingerprint density at radius 1 is 1.12 bits per heavy atom. The van der Waals surface area contributed by atoms with E-state index < -0.39 is 28.2 Å². The predicted octanol–water partition coefficient (Wildman–Crippen LogP) is 2.74. The molecule has 8 heteroatoms. The third kappa shape index (κ3) is 3.79. The lowest BCUT2D eigenvalue weighted by Crippen LogP contribution is -2.44. The van der Waals surface area contributed by atoms with Crippen molar-refractivity contribution in [1.29, 1.82) is 0 Å². The number of aliphatic hydroxyl groups excluding tert-OH is 2. The number of primary sulfonamides is 1. The van der Waals surface area contributed by atoms with Crippen LogP contribution in [0.1, 0.15) is 60.0 Å². The summed E-state index contributed by atoms with van der Waals surface area (Å²) in [4.78, 5) is 12.5. The van der Waals surface area contributed by atoms with E-state index in [1.807, 2.05) is 18.2 Å². The van der Waals surface area contributed by atoms with Crippen molar-refractivity contribution in [3.63, 3.8) is 0 Å². The van der Waals surface area contributed by atoms with Gasteiger partial charge in [0.25, 0.3) is 0 Å². The summed E-state index contributed by atoms with van der Waals surface area (Å²) in [6.45, 7) is 2.13. The first kappa shape index (κ1) is 22.5. The van der Waals surface area contributed by atoms with Crippen molar-refractivity contribution >= 4 is 16.0 Å². The molecular formula is C25H29NO6S. The van der Waals surface area contributed by atoms with Crippen LogP contribution in [-0.4, -0.2) is 36.8 Å². The molecule has 0 radical (unpaired) electrons. The lowest BCUT2D eigenvalue weighted by molar-refractivity contribution is -0.0505. The topological polar surface area (TPSA) is 127 Å². The third-order valence-corrected chi connectivity index (χ3v) is 9.23. The van der Waals surface area contributed by atoms with Crippen LogP contribution in [0.25, 0.3) is 0 Å². The first-order chi connectivity index (χ1) is 15.6. The first-order valence-electron chi connectivity index (χ1n) is 11.4. The van der Waals surface area contributed by atoms with Gasteiger partial charge in [0.15, 0.2) is 0 Å². The van der Waals surface area contributed by atoms with Gasteiger partial charge in [0.1, 0.15) is 5.75 Å². The van der Waals surface area contributed by atoms with Gasteiger partial charge in [-0.1, -0.05) is 13.0 Å². The Hall–Kier alpha value is -2.26. The van der Waals surface area contributed by atoms with E-state index in [0.717, 1.165) is 25.7 Å². The molecule has 6 atom stereocenters. The maximum absolute atomic E-state index is 12.5. The molecule has 2 fully saturated rings. The number of hydrogen-bond acceptors (Lipinski definition) is 6. The number of esters is 1. The minimum Gasteiger partial charge on any atom is -0.423 e. The fraction of sp³-hybridized carbons (Fsp3) is 0.480. The molecule has 2 aromatic rings. The first-order valence-corrected chi connectivity index (χ1v) is 13.0. The van der Waals surface area contributed by atoms with Crippen LogP contribution in [0.5, 0.6) is 5.75 Å². The number of sulfonamides is 1. The molecule has 176 valence electrons. The molecule has 3 unspecified atom stereocenters. The maximum Gasteiger partial charge on any atom is 0.343 e. The van der Waals surface area contributed by atoms with Crippen LogP contribution in [-0.2, 0) is 16.4 Å². The average Bonchev–Trinajstić information content (AvgIpc) is 3.02. The number of benzene rings is 2. The summed E-state index contributed by atoms with van der Waals surface area (Å²) in [7, 11) is -3.82. The van der Waals surface area contributed by atoms with Crippen molar-refractivity contribution < 1.29 is 28.2 Å². The van der Waals surface area contributed by atoms with Gasteiger partial charge < -0.3 is 14.9 Å². The van der Waals surface area contributed by atoms with Crippen LogP contribution in [0, 0.1) is 17.3 Å². The fourth-order valence-electron chi connectivity index (χ4n) is 6.56. The second-order valence-corrected chi connectivity index (χ2v) is 11.6. The molecule has 0 bridgehead atoms. The predicted molar refractivity (Wildman–Crippen MR) is 121 cm³/mol. The molecule has 3 aliphatic carbocycles. The summed E-state index contributed by atoms with van der Waals surface area (Å²) in [5, 5.41) is 26.0. The highest BCUT2D eigenvalue weighted by Crippen LogP contribution is 2.60. The Kier molecular flexibility index (Phi) is 5.40. The third-order valence-electron chi connectivity index (χ3n) is 8.30. The van der Waals surface area contributed by atoms with Gasteiger partial charge in [-0.2, -0.15) is 0 Å². The van der Waals surface area contributed by atoms with Crippen molar-refractivity contribution in [2.45, 2.75) is 62.0 Å². The number of nitrogens with two attached hydrogens (primary N) is 1. The van der Waals surface area contributed by atoms with E-state index in [4.69, 9.17) is 9.88 Å². The number of aryl methyl sites for hydroxylation is 1. The van der Waals surface area contributed by atoms with Gasteiger partial charge in [-0.3, -0.25) is 0 Å². The molecule has 0 amide bonds. The summed E-state index contributed by atoms with van der Waals surface area (Å²) < 4.78 is 28.3. The minimum absolute atomic E-state index is 0.0618. The molecule has 0 spiro atoms. The minimum atomic E-state index is -3.82. The SMILES string of the molecule is C[C@]12CCC3c4ccc(OC(=O)c5ccc(S(N)(=O)=O)cc5)cc4CCC3C1C[C@@H](O)[C@@H]2O. The zero-order valence-corrected chi connectivity index (χ0v) is 19.3. The van der Waals surface area contributed by atoms with Crippen LogP contribution in [0.2, 0.25) is 0 Å². The van der Waals surface area contributed by atoms with Gasteiger partial charge in [-0.05, 0) is 103 Å². The number of rotatable bonds is 3. The van der Waals surface area contributed by atoms with Crippen LogP contribution in [0.4, 0.5) is 0 Å². The van der Waals surface area contributed by atoms with Crippen LogP contribution in [0.15, 0.2) is 47.4 Å². The lowest BCUT2D eigenvalue weighted by atomic mass is 9.55.